The molecular weight excluding hydrogens is 427 g/mol. The number of fused-ring (bicyclic) bond motifs is 5. The monoisotopic (exact) mass is 454 g/mol. The molecule has 2 unspecified atom stereocenters. The maximum Gasteiger partial charge on any atom is 0.183 e. The molecule has 0 aliphatic heterocycles. The van der Waals surface area contributed by atoms with Crippen LogP contribution in [0.15, 0.2) is 11.6 Å². The summed E-state index contributed by atoms with van der Waals surface area (Å²) in [6.45, 7) is 5.22. The summed E-state index contributed by atoms with van der Waals surface area (Å²) in [4.78, 5) is 38.2. The van der Waals surface area contributed by atoms with Crippen molar-refractivity contribution in [2.45, 2.75) is 64.6 Å². The van der Waals surface area contributed by atoms with Gasteiger partial charge in [0.15, 0.2) is 17.2 Å². The van der Waals surface area contributed by atoms with Crippen molar-refractivity contribution in [3.63, 3.8) is 0 Å². The molecule has 4 rings (SSSR count). The highest BCUT2D eigenvalue weighted by molar-refractivity contribution is 9.09. The fourth-order valence-electron chi connectivity index (χ4n) is 7.22. The van der Waals surface area contributed by atoms with Gasteiger partial charge in [-0.2, -0.15) is 0 Å². The lowest BCUT2D eigenvalue weighted by atomic mass is 9.43. The molecule has 0 radical (unpaired) electrons. The van der Waals surface area contributed by atoms with E-state index in [2.05, 4.69) is 15.9 Å². The Bertz CT molecular complexity index is 793. The van der Waals surface area contributed by atoms with E-state index in [1.165, 1.54) is 6.08 Å². The van der Waals surface area contributed by atoms with Gasteiger partial charge in [-0.25, -0.2) is 4.39 Å². The van der Waals surface area contributed by atoms with E-state index in [9.17, 15) is 19.5 Å². The number of aliphatic hydroxyl groups excluding tert-OH is 1. The molecule has 3 fully saturated rings. The fraction of sp³-hybridized carbons (Fsp3) is 0.773. The molecule has 0 saturated heterocycles. The topological polar surface area (TPSA) is 71.4 Å². The van der Waals surface area contributed by atoms with E-state index in [4.69, 9.17) is 0 Å². The average Bonchev–Trinajstić information content (AvgIpc) is 2.99. The van der Waals surface area contributed by atoms with E-state index in [-0.39, 0.29) is 35.2 Å². The van der Waals surface area contributed by atoms with Crippen LogP contribution in [0.3, 0.4) is 0 Å². The van der Waals surface area contributed by atoms with Crippen LogP contribution in [0, 0.1) is 34.5 Å². The molecule has 0 heterocycles. The Morgan fingerprint density at radius 2 is 1.93 bits per heavy atom. The molecule has 1 N–H and O–H groups in total. The van der Waals surface area contributed by atoms with E-state index in [1.54, 1.807) is 13.8 Å². The lowest BCUT2D eigenvalue weighted by Gasteiger charge is -2.61. The molecule has 6 heteroatoms. The van der Waals surface area contributed by atoms with E-state index in [0.717, 1.165) is 6.42 Å². The second kappa shape index (κ2) is 6.31. The summed E-state index contributed by atoms with van der Waals surface area (Å²) < 4.78 is 16.9. The smallest absolute Gasteiger partial charge is 0.183 e. The highest BCUT2D eigenvalue weighted by Crippen LogP contribution is 2.68. The highest BCUT2D eigenvalue weighted by Gasteiger charge is 2.73. The van der Waals surface area contributed by atoms with Gasteiger partial charge in [-0.15, -0.1) is 0 Å². The highest BCUT2D eigenvalue weighted by atomic mass is 79.9. The zero-order valence-electron chi connectivity index (χ0n) is 16.6. The Hall–Kier alpha value is -0.880. The molecular formula is C22H28BrFO4. The van der Waals surface area contributed by atoms with Gasteiger partial charge in [0.05, 0.1) is 16.8 Å². The molecule has 28 heavy (non-hydrogen) atoms. The Morgan fingerprint density at radius 3 is 2.57 bits per heavy atom. The molecule has 0 bridgehead atoms. The molecule has 4 aliphatic rings. The van der Waals surface area contributed by atoms with Crippen LogP contribution in [0.1, 0.15) is 52.9 Å². The van der Waals surface area contributed by atoms with Crippen molar-refractivity contribution in [3.8, 4) is 0 Å². The van der Waals surface area contributed by atoms with Crippen LogP contribution in [0.5, 0.6) is 0 Å². The first kappa shape index (κ1) is 20.4. The third kappa shape index (κ3) is 2.22. The Labute approximate surface area is 173 Å². The van der Waals surface area contributed by atoms with Gasteiger partial charge in [-0.05, 0) is 50.0 Å². The zero-order chi connectivity index (χ0) is 20.6. The van der Waals surface area contributed by atoms with E-state index in [0.29, 0.717) is 24.8 Å². The molecule has 154 valence electrons. The number of ketones is 3. The van der Waals surface area contributed by atoms with Crippen molar-refractivity contribution < 1.29 is 23.9 Å². The summed E-state index contributed by atoms with van der Waals surface area (Å²) in [7, 11) is 0. The van der Waals surface area contributed by atoms with Crippen molar-refractivity contribution >= 4 is 33.3 Å². The molecule has 4 nitrogen and oxygen atoms in total. The van der Waals surface area contributed by atoms with E-state index < -0.39 is 40.2 Å². The summed E-state index contributed by atoms with van der Waals surface area (Å²) >= 11 is 3.25. The number of carbonyl (C=O) groups excluding carboxylic acids is 3. The zero-order valence-corrected chi connectivity index (χ0v) is 18.2. The number of rotatable bonds is 2. The van der Waals surface area contributed by atoms with Crippen molar-refractivity contribution in [2.75, 3.05) is 5.33 Å². The van der Waals surface area contributed by atoms with Gasteiger partial charge in [0.1, 0.15) is 5.78 Å². The van der Waals surface area contributed by atoms with Gasteiger partial charge in [0.2, 0.25) is 0 Å². The lowest BCUT2D eigenvalue weighted by Crippen LogP contribution is -2.70. The Kier molecular flexibility index (Phi) is 4.59. The number of Topliss-reactive ketones (excluding diaryl/α,β-unsaturated/α-hetero) is 2. The van der Waals surface area contributed by atoms with Gasteiger partial charge in [0.25, 0.3) is 0 Å². The first-order valence-corrected chi connectivity index (χ1v) is 11.4. The minimum atomic E-state index is -2.19. The van der Waals surface area contributed by atoms with Crippen molar-refractivity contribution in [1.29, 1.82) is 0 Å². The van der Waals surface area contributed by atoms with Gasteiger partial charge < -0.3 is 5.11 Å². The van der Waals surface area contributed by atoms with E-state index in [1.807, 2.05) is 6.92 Å². The molecule has 4 aliphatic carbocycles. The van der Waals surface area contributed by atoms with Crippen molar-refractivity contribution in [2.24, 2.45) is 34.5 Å². The number of hydrogen-bond acceptors (Lipinski definition) is 4. The predicted octanol–water partition coefficient (Wildman–Crippen LogP) is 3.59. The quantitative estimate of drug-likeness (QED) is 0.647. The molecule has 0 spiro atoms. The first-order chi connectivity index (χ1) is 13.0. The minimum absolute atomic E-state index is 0.0198. The lowest BCUT2D eigenvalue weighted by molar-refractivity contribution is -0.191. The summed E-state index contributed by atoms with van der Waals surface area (Å²) in [5, 5.41) is 11.2. The normalized spacial score (nSPS) is 50.5. The standard InChI is InChI=1S/C22H28BrFO4/c1-11-16(25)8-12-4-5-14-13-6-7-15(17(26)10-23)20(13,2)9-18(27)22(14,24)21(12,3)19(11)28/h8,11,13-15,19,28H,4-7,9-10H2,1-3H3/t11?,13-,14-,15+,19?,20-,21+,22-/m0/s1. The third-order valence-corrected chi connectivity index (χ3v) is 9.40. The summed E-state index contributed by atoms with van der Waals surface area (Å²) in [6, 6.07) is 0. The molecule has 0 aromatic carbocycles. The number of alkyl halides is 2. The Morgan fingerprint density at radius 1 is 1.25 bits per heavy atom. The molecule has 3 saturated carbocycles. The van der Waals surface area contributed by atoms with Crippen LogP contribution >= 0.6 is 15.9 Å². The SMILES string of the molecule is CC1C(=O)C=C2CC[C@H]3[C@@H]4CC[C@H](C(=O)CBr)[C@@]4(C)CC(=O)[C@]3(F)[C@@]2(C)C1O. The molecule has 8 atom stereocenters. The third-order valence-electron chi connectivity index (χ3n) is 8.85. The maximum atomic E-state index is 16.9. The average molecular weight is 455 g/mol. The summed E-state index contributed by atoms with van der Waals surface area (Å²) in [5.41, 5.74) is -3.52. The van der Waals surface area contributed by atoms with Gasteiger partial charge in [-0.1, -0.05) is 35.4 Å². The van der Waals surface area contributed by atoms with E-state index >= 15 is 4.39 Å². The maximum absolute atomic E-state index is 16.9. The minimum Gasteiger partial charge on any atom is -0.391 e. The van der Waals surface area contributed by atoms with Crippen LogP contribution in [-0.4, -0.2) is 39.6 Å². The first-order valence-electron chi connectivity index (χ1n) is 10.3. The number of carbonyl (C=O) groups is 3. The number of hydrogen-bond donors (Lipinski definition) is 1. The van der Waals surface area contributed by atoms with Crippen LogP contribution in [0.4, 0.5) is 4.39 Å². The molecule has 0 aromatic rings. The van der Waals surface area contributed by atoms with Gasteiger partial charge >= 0.3 is 0 Å². The van der Waals surface area contributed by atoms with Gasteiger partial charge in [0, 0.05) is 24.2 Å². The van der Waals surface area contributed by atoms with Crippen LogP contribution in [0.2, 0.25) is 0 Å². The predicted molar refractivity (Wildman–Crippen MR) is 106 cm³/mol. The largest absolute Gasteiger partial charge is 0.391 e. The van der Waals surface area contributed by atoms with Crippen molar-refractivity contribution in [3.05, 3.63) is 11.6 Å². The van der Waals surface area contributed by atoms with Crippen LogP contribution in [0.25, 0.3) is 0 Å². The van der Waals surface area contributed by atoms with Crippen molar-refractivity contribution in [1.82, 2.24) is 0 Å². The second-order valence-electron chi connectivity index (χ2n) is 9.81. The van der Waals surface area contributed by atoms with Crippen LogP contribution < -0.4 is 0 Å². The summed E-state index contributed by atoms with van der Waals surface area (Å²) in [5.74, 6) is -2.16. The summed E-state index contributed by atoms with van der Waals surface area (Å²) in [6.07, 6.45) is 2.68. The second-order valence-corrected chi connectivity index (χ2v) is 10.4. The molecule has 0 amide bonds. The molecule has 0 aromatic heterocycles. The number of halogens is 2. The van der Waals surface area contributed by atoms with Crippen LogP contribution in [-0.2, 0) is 14.4 Å². The van der Waals surface area contributed by atoms with Gasteiger partial charge in [-0.3, -0.25) is 14.4 Å². The number of aliphatic hydroxyl groups is 1. The fourth-order valence-corrected chi connectivity index (χ4v) is 7.62. The Balaban J connectivity index is 1.82.